The highest BCUT2D eigenvalue weighted by molar-refractivity contribution is 9.10. The molecule has 1 N–H and O–H groups in total. The van der Waals surface area contributed by atoms with Crippen LogP contribution < -0.4 is 0 Å². The average molecular weight is 465 g/mol. The Bertz CT molecular complexity index is 1320. The first-order valence-electron chi connectivity index (χ1n) is 9.74. The molecule has 2 aromatic carbocycles. The number of nitrogens with zero attached hydrogens (tertiary/aromatic N) is 4. The van der Waals surface area contributed by atoms with Crippen LogP contribution in [0.5, 0.6) is 5.88 Å². The van der Waals surface area contributed by atoms with E-state index >= 15 is 0 Å². The first kappa shape index (κ1) is 20.2. The predicted molar refractivity (Wildman–Crippen MR) is 122 cm³/mol. The van der Waals surface area contributed by atoms with Gasteiger partial charge in [-0.2, -0.15) is 0 Å². The number of hydrogen-bond donors (Lipinski definition) is 1. The summed E-state index contributed by atoms with van der Waals surface area (Å²) >= 11 is 3.46. The van der Waals surface area contributed by atoms with Crippen molar-refractivity contribution in [3.63, 3.8) is 0 Å². The predicted octanol–water partition coefficient (Wildman–Crippen LogP) is 6.61. The molecule has 2 heterocycles. The molecule has 0 bridgehead atoms. The lowest BCUT2D eigenvalue weighted by Crippen LogP contribution is -1.99. The Kier molecular flexibility index (Phi) is 5.39. The average Bonchev–Trinajstić information content (AvgIpc) is 2.96. The zero-order valence-corrected chi connectivity index (χ0v) is 18.6. The smallest absolute Gasteiger partial charge is 0.296 e. The van der Waals surface area contributed by atoms with Gasteiger partial charge < -0.3 is 9.67 Å². The maximum Gasteiger partial charge on any atom is 0.296 e. The Balaban J connectivity index is 1.82. The fourth-order valence-corrected chi connectivity index (χ4v) is 4.00. The Morgan fingerprint density at radius 1 is 1.13 bits per heavy atom. The summed E-state index contributed by atoms with van der Waals surface area (Å²) in [6.45, 7) is 6.48. The number of aryl methyl sites for hydroxylation is 3. The highest BCUT2D eigenvalue weighted by Gasteiger charge is 2.18. The molecule has 0 aliphatic carbocycles. The highest BCUT2D eigenvalue weighted by atomic mass is 79.9. The van der Waals surface area contributed by atoms with Gasteiger partial charge in [0.25, 0.3) is 5.91 Å². The van der Waals surface area contributed by atoms with Gasteiger partial charge in [0, 0.05) is 27.5 Å². The largest absolute Gasteiger partial charge is 0.493 e. The summed E-state index contributed by atoms with van der Waals surface area (Å²) < 4.78 is 2.65. The van der Waals surface area contributed by atoms with Crippen LogP contribution >= 0.6 is 15.9 Å². The molecule has 0 aliphatic heterocycles. The molecule has 0 atom stereocenters. The minimum absolute atomic E-state index is 0.00751. The number of carbonyl (C=O) groups is 1. The normalized spacial score (nSPS) is 11.7. The van der Waals surface area contributed by atoms with E-state index < -0.39 is 5.91 Å². The molecule has 4 rings (SSSR count). The van der Waals surface area contributed by atoms with E-state index in [0.717, 1.165) is 44.0 Å². The van der Waals surface area contributed by atoms with Crippen molar-refractivity contribution in [1.29, 1.82) is 0 Å². The van der Waals surface area contributed by atoms with Gasteiger partial charge in [0.1, 0.15) is 0 Å². The van der Waals surface area contributed by atoms with Crippen LogP contribution in [-0.4, -0.2) is 20.6 Å². The number of hydrogen-bond acceptors (Lipinski definition) is 4. The van der Waals surface area contributed by atoms with Gasteiger partial charge in [0.05, 0.1) is 16.6 Å². The maximum atomic E-state index is 13.0. The quantitative estimate of drug-likeness (QED) is 0.345. The molecule has 0 saturated carbocycles. The summed E-state index contributed by atoms with van der Waals surface area (Å²) in [5.41, 5.74) is 4.09. The molecule has 4 aromatic rings. The van der Waals surface area contributed by atoms with E-state index in [-0.39, 0.29) is 5.88 Å². The molecule has 0 fully saturated rings. The Hall–Kier alpha value is -3.06. The molecular formula is C23H21BrN4O2. The Morgan fingerprint density at radius 3 is 2.70 bits per heavy atom. The molecule has 0 saturated heterocycles. The zero-order chi connectivity index (χ0) is 21.4. The molecule has 0 spiro atoms. The standard InChI is InChI=1S/C23H21BrN4O2/c1-4-9-28-20-8-6-15(24)12-18(20)21(23(28)30)26-27-22(29)17-11-14(3)25-19-7-5-13(2)10-16(17)19/h5-8,10-12,30H,4,9H2,1-3H3. The van der Waals surface area contributed by atoms with E-state index in [1.165, 1.54) is 0 Å². The summed E-state index contributed by atoms with van der Waals surface area (Å²) in [4.78, 5) is 17.5. The van der Waals surface area contributed by atoms with Crippen LogP contribution in [0.4, 0.5) is 5.69 Å². The summed E-state index contributed by atoms with van der Waals surface area (Å²) in [5.74, 6) is -0.463. The van der Waals surface area contributed by atoms with Crippen molar-refractivity contribution in [3.8, 4) is 5.88 Å². The molecule has 0 aliphatic rings. The number of benzene rings is 2. The second kappa shape index (κ2) is 7.99. The molecule has 1 amide bonds. The third-order valence-corrected chi connectivity index (χ3v) is 5.48. The number of carbonyl (C=O) groups excluding carboxylic acids is 1. The first-order valence-corrected chi connectivity index (χ1v) is 10.5. The topological polar surface area (TPSA) is 79.8 Å². The summed E-state index contributed by atoms with van der Waals surface area (Å²) in [6.07, 6.45) is 0.852. The number of aromatic hydroxyl groups is 1. The lowest BCUT2D eigenvalue weighted by molar-refractivity contribution is 0.0996. The maximum absolute atomic E-state index is 13.0. The minimum Gasteiger partial charge on any atom is -0.493 e. The summed E-state index contributed by atoms with van der Waals surface area (Å²) in [6, 6.07) is 13.2. The van der Waals surface area contributed by atoms with Gasteiger partial charge in [-0.3, -0.25) is 9.78 Å². The van der Waals surface area contributed by atoms with Crippen molar-refractivity contribution in [2.45, 2.75) is 33.7 Å². The van der Waals surface area contributed by atoms with Gasteiger partial charge in [-0.05, 0) is 56.7 Å². The SMILES string of the molecule is CCCn1c(O)c(N=NC(=O)c2cc(C)nc3ccc(C)cc23)c2cc(Br)ccc21. The lowest BCUT2D eigenvalue weighted by atomic mass is 10.1. The van der Waals surface area contributed by atoms with Gasteiger partial charge in [-0.25, -0.2) is 0 Å². The van der Waals surface area contributed by atoms with E-state index in [1.807, 2.05) is 57.2 Å². The van der Waals surface area contributed by atoms with Crippen LogP contribution in [-0.2, 0) is 6.54 Å². The van der Waals surface area contributed by atoms with Gasteiger partial charge in [-0.1, -0.05) is 34.5 Å². The summed E-state index contributed by atoms with van der Waals surface area (Å²) in [7, 11) is 0. The van der Waals surface area contributed by atoms with E-state index in [4.69, 9.17) is 0 Å². The number of azo groups is 1. The van der Waals surface area contributed by atoms with Gasteiger partial charge in [-0.15, -0.1) is 10.2 Å². The number of halogens is 1. The van der Waals surface area contributed by atoms with Crippen LogP contribution in [0.2, 0.25) is 0 Å². The second-order valence-corrected chi connectivity index (χ2v) is 8.24. The number of aromatic nitrogens is 2. The third-order valence-electron chi connectivity index (χ3n) is 4.98. The van der Waals surface area contributed by atoms with E-state index in [1.54, 1.807) is 10.6 Å². The molecule has 30 heavy (non-hydrogen) atoms. The number of pyridine rings is 1. The minimum atomic E-state index is -0.470. The fraction of sp³-hybridized carbons (Fsp3) is 0.217. The molecule has 152 valence electrons. The van der Waals surface area contributed by atoms with Crippen molar-refractivity contribution in [3.05, 3.63) is 63.8 Å². The number of amides is 1. The van der Waals surface area contributed by atoms with Crippen molar-refractivity contribution in [2.24, 2.45) is 10.2 Å². The van der Waals surface area contributed by atoms with Crippen molar-refractivity contribution >= 4 is 49.3 Å². The Labute approximate surface area is 182 Å². The zero-order valence-electron chi connectivity index (χ0n) is 17.0. The molecular weight excluding hydrogens is 444 g/mol. The fourth-order valence-electron chi connectivity index (χ4n) is 3.64. The van der Waals surface area contributed by atoms with Crippen molar-refractivity contribution in [2.75, 3.05) is 0 Å². The highest BCUT2D eigenvalue weighted by Crippen LogP contribution is 2.40. The first-order chi connectivity index (χ1) is 14.4. The molecule has 7 heteroatoms. The monoisotopic (exact) mass is 464 g/mol. The van der Waals surface area contributed by atoms with Crippen LogP contribution in [0, 0.1) is 13.8 Å². The van der Waals surface area contributed by atoms with Crippen LogP contribution in [0.25, 0.3) is 21.8 Å². The van der Waals surface area contributed by atoms with E-state index in [2.05, 4.69) is 31.1 Å². The molecule has 0 radical (unpaired) electrons. The van der Waals surface area contributed by atoms with Crippen molar-refractivity contribution in [1.82, 2.24) is 9.55 Å². The number of fused-ring (bicyclic) bond motifs is 2. The van der Waals surface area contributed by atoms with Gasteiger partial charge in [0.15, 0.2) is 5.69 Å². The van der Waals surface area contributed by atoms with Crippen LogP contribution in [0.1, 0.15) is 35.0 Å². The van der Waals surface area contributed by atoms with Crippen LogP contribution in [0.15, 0.2) is 57.2 Å². The number of rotatable bonds is 4. The summed E-state index contributed by atoms with van der Waals surface area (Å²) in [5, 5.41) is 20.4. The van der Waals surface area contributed by atoms with Gasteiger partial charge >= 0.3 is 0 Å². The van der Waals surface area contributed by atoms with Crippen LogP contribution in [0.3, 0.4) is 0 Å². The molecule has 0 unspecified atom stereocenters. The Morgan fingerprint density at radius 2 is 1.93 bits per heavy atom. The third kappa shape index (κ3) is 3.61. The molecule has 2 aromatic heterocycles. The second-order valence-electron chi connectivity index (χ2n) is 7.32. The lowest BCUT2D eigenvalue weighted by Gasteiger charge is -2.05. The van der Waals surface area contributed by atoms with Crippen molar-refractivity contribution < 1.29 is 9.90 Å². The van der Waals surface area contributed by atoms with E-state index in [9.17, 15) is 9.90 Å². The van der Waals surface area contributed by atoms with E-state index in [0.29, 0.717) is 17.8 Å². The molecule has 6 nitrogen and oxygen atoms in total. The van der Waals surface area contributed by atoms with Gasteiger partial charge in [0.2, 0.25) is 5.88 Å².